The third kappa shape index (κ3) is 3.09. The van der Waals surface area contributed by atoms with Gasteiger partial charge < -0.3 is 14.1 Å². The third-order valence-corrected chi connectivity index (χ3v) is 4.81. The molecule has 1 N–H and O–H groups in total. The Morgan fingerprint density at radius 2 is 2.12 bits per heavy atom. The average Bonchev–Trinajstić information content (AvgIpc) is 3.21. The van der Waals surface area contributed by atoms with E-state index in [1.165, 1.54) is 17.2 Å². The molecule has 1 fully saturated rings. The van der Waals surface area contributed by atoms with E-state index in [-0.39, 0.29) is 0 Å². The molecule has 1 aliphatic carbocycles. The number of rotatable bonds is 6. The van der Waals surface area contributed by atoms with E-state index in [1.54, 1.807) is 6.07 Å². The molecule has 1 unspecified atom stereocenters. The van der Waals surface area contributed by atoms with E-state index in [9.17, 15) is 4.39 Å². The van der Waals surface area contributed by atoms with E-state index in [4.69, 9.17) is 9.15 Å². The molecule has 4 rings (SSSR count). The Balaban J connectivity index is 1.74. The normalized spacial score (nSPS) is 14.8. The number of hydrogen-bond acceptors (Lipinski definition) is 2. The van der Waals surface area contributed by atoms with Crippen molar-refractivity contribution < 1.29 is 13.5 Å². The predicted octanol–water partition coefficient (Wildman–Crippen LogP) is 6.15. The first kappa shape index (κ1) is 16.0. The van der Waals surface area contributed by atoms with Crippen LogP contribution in [-0.2, 0) is 4.74 Å². The molecule has 0 radical (unpaired) electrons. The van der Waals surface area contributed by atoms with Gasteiger partial charge in [0.1, 0.15) is 5.76 Å². The molecule has 0 saturated heterocycles. The molecule has 3 nitrogen and oxygen atoms in total. The van der Waals surface area contributed by atoms with Crippen molar-refractivity contribution >= 4 is 10.9 Å². The van der Waals surface area contributed by atoms with Crippen molar-refractivity contribution in [1.82, 2.24) is 4.98 Å². The van der Waals surface area contributed by atoms with Crippen LogP contribution in [0.25, 0.3) is 22.2 Å². The molecule has 3 aromatic rings. The Bertz CT molecular complexity index is 928. The van der Waals surface area contributed by atoms with E-state index in [2.05, 4.69) is 18.1 Å². The van der Waals surface area contributed by atoms with Gasteiger partial charge in [-0.3, -0.25) is 0 Å². The van der Waals surface area contributed by atoms with Crippen LogP contribution in [0.2, 0.25) is 0 Å². The second-order valence-electron chi connectivity index (χ2n) is 6.64. The molecule has 1 saturated carbocycles. The number of nitrogens with one attached hydrogen (secondary N) is 1. The molecular formula is C21H22FNO2. The van der Waals surface area contributed by atoms with Crippen LogP contribution in [0, 0.1) is 6.01 Å². The third-order valence-electron chi connectivity index (χ3n) is 4.81. The summed E-state index contributed by atoms with van der Waals surface area (Å²) >= 11 is 0. The van der Waals surface area contributed by atoms with Crippen LogP contribution in [0.4, 0.5) is 4.39 Å². The first-order valence-electron chi connectivity index (χ1n) is 8.86. The summed E-state index contributed by atoms with van der Waals surface area (Å²) < 4.78 is 24.5. The van der Waals surface area contributed by atoms with Crippen LogP contribution >= 0.6 is 0 Å². The first-order valence-corrected chi connectivity index (χ1v) is 8.86. The van der Waals surface area contributed by atoms with Crippen LogP contribution in [-0.4, -0.2) is 11.6 Å². The molecule has 25 heavy (non-hydrogen) atoms. The van der Waals surface area contributed by atoms with Gasteiger partial charge in [-0.1, -0.05) is 19.1 Å². The van der Waals surface area contributed by atoms with Crippen molar-refractivity contribution in [3.05, 3.63) is 59.4 Å². The highest BCUT2D eigenvalue weighted by atomic mass is 19.1. The lowest BCUT2D eigenvalue weighted by Gasteiger charge is -2.15. The second-order valence-corrected chi connectivity index (χ2v) is 6.64. The van der Waals surface area contributed by atoms with Gasteiger partial charge >= 0.3 is 0 Å². The van der Waals surface area contributed by atoms with E-state index in [0.717, 1.165) is 41.5 Å². The Morgan fingerprint density at radius 1 is 1.28 bits per heavy atom. The zero-order valence-corrected chi connectivity index (χ0v) is 14.6. The van der Waals surface area contributed by atoms with Crippen LogP contribution in [0.5, 0.6) is 0 Å². The zero-order valence-electron chi connectivity index (χ0n) is 14.6. The standard InChI is InChI=1S/C21H22FNO2/c1-3-24-19(14-7-8-14)11-13(2)16-12-23-17-6-4-5-15(21(16)17)18-9-10-20(22)25-18/h4-6,9-10,12-13,23H,3,7-8,11H2,1-2H3. The topological polar surface area (TPSA) is 38.2 Å². The van der Waals surface area contributed by atoms with Gasteiger partial charge in [-0.25, -0.2) is 0 Å². The zero-order chi connectivity index (χ0) is 17.4. The molecule has 1 atom stereocenters. The number of furan rings is 1. The fraction of sp³-hybridized carbons (Fsp3) is 0.333. The molecule has 1 aromatic carbocycles. The lowest BCUT2D eigenvalue weighted by Crippen LogP contribution is -2.00. The Labute approximate surface area is 146 Å². The van der Waals surface area contributed by atoms with Gasteiger partial charge in [0.25, 0.3) is 6.01 Å². The summed E-state index contributed by atoms with van der Waals surface area (Å²) in [6.45, 7) is 4.95. The number of benzene rings is 1. The van der Waals surface area contributed by atoms with Crippen molar-refractivity contribution in [2.75, 3.05) is 6.61 Å². The number of halogens is 1. The number of allylic oxidation sites excluding steroid dienone is 2. The van der Waals surface area contributed by atoms with E-state index in [1.807, 2.05) is 25.1 Å². The maximum atomic E-state index is 13.4. The van der Waals surface area contributed by atoms with E-state index in [0.29, 0.717) is 18.3 Å². The summed E-state index contributed by atoms with van der Waals surface area (Å²) in [6.07, 6.45) is 5.26. The fourth-order valence-electron chi connectivity index (χ4n) is 3.47. The minimum Gasteiger partial charge on any atom is -0.498 e. The molecule has 0 amide bonds. The molecule has 0 spiro atoms. The molecule has 130 valence electrons. The van der Waals surface area contributed by atoms with Crippen molar-refractivity contribution in [2.45, 2.75) is 39.0 Å². The fourth-order valence-corrected chi connectivity index (χ4v) is 3.47. The van der Waals surface area contributed by atoms with Crippen molar-refractivity contribution in [1.29, 1.82) is 0 Å². The van der Waals surface area contributed by atoms with Crippen LogP contribution < -0.4 is 0 Å². The smallest absolute Gasteiger partial charge is 0.278 e. The molecule has 0 aliphatic heterocycles. The van der Waals surface area contributed by atoms with Gasteiger partial charge in [0, 0.05) is 35.2 Å². The van der Waals surface area contributed by atoms with Gasteiger partial charge in [-0.05, 0) is 49.0 Å². The number of aromatic nitrogens is 1. The van der Waals surface area contributed by atoms with Crippen LogP contribution in [0.1, 0.15) is 44.6 Å². The quantitative estimate of drug-likeness (QED) is 0.547. The van der Waals surface area contributed by atoms with Gasteiger partial charge in [-0.2, -0.15) is 4.39 Å². The van der Waals surface area contributed by atoms with Gasteiger partial charge in [-0.15, -0.1) is 0 Å². The van der Waals surface area contributed by atoms with Gasteiger partial charge in [0.05, 0.1) is 12.4 Å². The van der Waals surface area contributed by atoms with Crippen molar-refractivity contribution in [3.8, 4) is 11.3 Å². The lowest BCUT2D eigenvalue weighted by atomic mass is 9.93. The highest BCUT2D eigenvalue weighted by molar-refractivity contribution is 5.96. The largest absolute Gasteiger partial charge is 0.498 e. The monoisotopic (exact) mass is 339 g/mol. The Morgan fingerprint density at radius 3 is 2.80 bits per heavy atom. The highest BCUT2D eigenvalue weighted by Gasteiger charge is 2.23. The molecule has 2 aromatic heterocycles. The summed E-state index contributed by atoms with van der Waals surface area (Å²) in [5, 5.41) is 1.10. The number of hydrogen-bond donors (Lipinski definition) is 1. The minimum atomic E-state index is -0.561. The van der Waals surface area contributed by atoms with Crippen LogP contribution in [0.3, 0.4) is 0 Å². The SMILES string of the molecule is CCOC(CC(C)c1c[nH]c2cccc(-c3ccc(F)o3)c12)=C1CC1. The summed E-state index contributed by atoms with van der Waals surface area (Å²) in [7, 11) is 0. The molecule has 4 heteroatoms. The number of fused-ring (bicyclic) bond motifs is 1. The number of ether oxygens (including phenoxy) is 1. The van der Waals surface area contributed by atoms with Gasteiger partial charge in [0.15, 0.2) is 0 Å². The van der Waals surface area contributed by atoms with Gasteiger partial charge in [0.2, 0.25) is 0 Å². The molecule has 0 bridgehead atoms. The summed E-state index contributed by atoms with van der Waals surface area (Å²) in [4.78, 5) is 3.34. The maximum absolute atomic E-state index is 13.4. The Kier molecular flexibility index (Phi) is 4.12. The maximum Gasteiger partial charge on any atom is 0.278 e. The summed E-state index contributed by atoms with van der Waals surface area (Å²) in [5.41, 5.74) is 4.61. The number of H-pyrrole nitrogens is 1. The average molecular weight is 339 g/mol. The second kappa shape index (κ2) is 6.43. The number of aromatic amines is 1. The summed E-state index contributed by atoms with van der Waals surface area (Å²) in [5.74, 6) is 2.00. The molecule has 1 aliphatic rings. The minimum absolute atomic E-state index is 0.296. The van der Waals surface area contributed by atoms with Crippen molar-refractivity contribution in [3.63, 3.8) is 0 Å². The molecular weight excluding hydrogens is 317 g/mol. The molecule has 2 heterocycles. The first-order chi connectivity index (χ1) is 12.2. The predicted molar refractivity (Wildman–Crippen MR) is 96.9 cm³/mol. The van der Waals surface area contributed by atoms with Crippen molar-refractivity contribution in [2.24, 2.45) is 0 Å². The van der Waals surface area contributed by atoms with Crippen LogP contribution in [0.15, 0.2) is 52.3 Å². The van der Waals surface area contributed by atoms with E-state index < -0.39 is 6.01 Å². The highest BCUT2D eigenvalue weighted by Crippen LogP contribution is 2.40. The van der Waals surface area contributed by atoms with E-state index >= 15 is 0 Å². The Hall–Kier alpha value is -2.49. The summed E-state index contributed by atoms with van der Waals surface area (Å²) in [6, 6.07) is 8.46. The lowest BCUT2D eigenvalue weighted by molar-refractivity contribution is 0.213.